The highest BCUT2D eigenvalue weighted by Crippen LogP contribution is 2.60. The predicted octanol–water partition coefficient (Wildman–Crippen LogP) is 4.24. The van der Waals surface area contributed by atoms with Crippen LogP contribution in [0.15, 0.2) is 0 Å². The summed E-state index contributed by atoms with van der Waals surface area (Å²) in [6, 6.07) is 0. The first kappa shape index (κ1) is 23.0. The van der Waals surface area contributed by atoms with Gasteiger partial charge in [0.1, 0.15) is 0 Å². The highest BCUT2D eigenvalue weighted by Gasteiger charge is 2.90. The zero-order chi connectivity index (χ0) is 19.3. The molecule has 0 spiro atoms. The van der Waals surface area contributed by atoms with Crippen molar-refractivity contribution in [3.8, 4) is 0 Å². The smallest absolute Gasteiger partial charge is 0.200 e. The topological polar surface area (TPSA) is 0 Å². The largest absolute Gasteiger partial charge is 0.460 e. The molecule has 15 heteroatoms. The molecule has 0 bridgehead atoms. The molecule has 0 N–H and O–H groups in total. The number of alkyl halides is 14. The van der Waals surface area contributed by atoms with E-state index in [9.17, 15) is 57.1 Å². The minimum Gasteiger partial charge on any atom is -0.200 e. The van der Waals surface area contributed by atoms with Crippen molar-refractivity contribution in [2.24, 2.45) is 0 Å². The molecule has 0 aromatic rings. The number of halogens is 14. The molecular formula is C8H6F13ISi. The lowest BCUT2D eigenvalue weighted by Gasteiger charge is -2.40. The fourth-order valence-electron chi connectivity index (χ4n) is 1.28. The van der Waals surface area contributed by atoms with Crippen molar-refractivity contribution < 1.29 is 57.1 Å². The molecule has 0 aromatic carbocycles. The Morgan fingerprint density at radius 1 is 0.609 bits per heavy atom. The van der Waals surface area contributed by atoms with Crippen molar-refractivity contribution in [3.05, 3.63) is 0 Å². The molecule has 0 aliphatic heterocycles. The van der Waals surface area contributed by atoms with Crippen LogP contribution in [0.2, 0.25) is 0 Å². The maximum absolute atomic E-state index is 13.1. The first-order valence-electron chi connectivity index (χ1n) is 5.26. The van der Waals surface area contributed by atoms with Crippen molar-refractivity contribution in [1.29, 1.82) is 0 Å². The van der Waals surface area contributed by atoms with Crippen molar-refractivity contribution in [2.45, 2.75) is 45.8 Å². The summed E-state index contributed by atoms with van der Waals surface area (Å²) in [6.45, 7) is 0. The number of hydrogen-bond acceptors (Lipinski definition) is 0. The van der Waals surface area contributed by atoms with Crippen molar-refractivity contribution >= 4 is 32.8 Å². The van der Waals surface area contributed by atoms with E-state index in [1.165, 1.54) is 0 Å². The molecule has 0 saturated carbocycles. The minimum atomic E-state index is -7.81. The fraction of sp³-hybridized carbons (Fsp3) is 1.00. The Hall–Kier alpha value is 0.0369. The summed E-state index contributed by atoms with van der Waals surface area (Å²) < 4.78 is 163. The van der Waals surface area contributed by atoms with Gasteiger partial charge in [0.15, 0.2) is 0 Å². The molecule has 0 heterocycles. The quantitative estimate of drug-likeness (QED) is 0.220. The molecule has 0 aliphatic carbocycles. The van der Waals surface area contributed by atoms with Crippen molar-refractivity contribution in [2.75, 3.05) is 0 Å². The maximum atomic E-state index is 13.1. The highest BCUT2D eigenvalue weighted by atomic mass is 127. The van der Waals surface area contributed by atoms with E-state index in [0.29, 0.717) is 0 Å². The van der Waals surface area contributed by atoms with Gasteiger partial charge < -0.3 is 0 Å². The Morgan fingerprint density at radius 3 is 1.17 bits per heavy atom. The lowest BCUT2D eigenvalue weighted by Crippen LogP contribution is -2.70. The lowest BCUT2D eigenvalue weighted by atomic mass is 9.93. The van der Waals surface area contributed by atoms with Gasteiger partial charge in [0.2, 0.25) is 0 Å². The minimum absolute atomic E-state index is 0.294. The van der Waals surface area contributed by atoms with Crippen LogP contribution in [0.25, 0.3) is 0 Å². The summed E-state index contributed by atoms with van der Waals surface area (Å²) in [5, 5.41) is 0. The van der Waals surface area contributed by atoms with Crippen molar-refractivity contribution in [1.82, 2.24) is 0 Å². The standard InChI is InChI=1S/C8H6F13ISi/c9-3(10,1-2(22)23)4(11,12)5(13,14)6(15,16)7(17,18)8(19,20)21/h2H,1H2,23H3. The van der Waals surface area contributed by atoms with Gasteiger partial charge in [-0.3, -0.25) is 0 Å². The van der Waals surface area contributed by atoms with Gasteiger partial charge in [-0.1, -0.05) is 22.6 Å². The first-order valence-corrected chi connectivity index (χ1v) is 7.66. The molecule has 1 atom stereocenters. The average Bonchev–Trinajstić information content (AvgIpc) is 2.24. The third-order valence-electron chi connectivity index (χ3n) is 2.54. The van der Waals surface area contributed by atoms with Crippen LogP contribution in [0, 0.1) is 0 Å². The van der Waals surface area contributed by atoms with Gasteiger partial charge in [0, 0.05) is 20.2 Å². The second-order valence-electron chi connectivity index (χ2n) is 4.48. The molecule has 0 radical (unpaired) electrons. The van der Waals surface area contributed by atoms with E-state index in [1.54, 1.807) is 0 Å². The summed E-state index contributed by atoms with van der Waals surface area (Å²) in [5.41, 5.74) is 0. The highest BCUT2D eigenvalue weighted by molar-refractivity contribution is 14.1. The van der Waals surface area contributed by atoms with Crippen LogP contribution in [0.3, 0.4) is 0 Å². The van der Waals surface area contributed by atoms with Crippen LogP contribution in [-0.2, 0) is 0 Å². The van der Waals surface area contributed by atoms with Crippen LogP contribution in [0.4, 0.5) is 57.1 Å². The lowest BCUT2D eigenvalue weighted by molar-refractivity contribution is -0.439. The van der Waals surface area contributed by atoms with E-state index in [-0.39, 0.29) is 10.2 Å². The maximum Gasteiger partial charge on any atom is 0.460 e. The zero-order valence-electron chi connectivity index (χ0n) is 10.6. The molecular weight excluding hydrogens is 498 g/mol. The average molecular weight is 504 g/mol. The van der Waals surface area contributed by atoms with E-state index in [0.717, 1.165) is 22.6 Å². The third-order valence-corrected chi connectivity index (χ3v) is 3.38. The van der Waals surface area contributed by atoms with Gasteiger partial charge in [0.05, 0.1) is 0 Å². The SMILES string of the molecule is FC(F)(F)C(F)(F)C(F)(F)C(F)(F)C(F)(F)C(F)(F)CC([SiH3])I. The Morgan fingerprint density at radius 2 is 0.913 bits per heavy atom. The monoisotopic (exact) mass is 504 g/mol. The van der Waals surface area contributed by atoms with Gasteiger partial charge in [0.25, 0.3) is 0 Å². The second kappa shape index (κ2) is 6.08. The summed E-state index contributed by atoms with van der Waals surface area (Å²) in [4.78, 5) is 0. The molecule has 23 heavy (non-hydrogen) atoms. The molecule has 0 rings (SSSR count). The van der Waals surface area contributed by atoms with E-state index >= 15 is 0 Å². The summed E-state index contributed by atoms with van der Waals surface area (Å²) in [7, 11) is -0.294. The Bertz CT molecular complexity index is 426. The molecule has 0 nitrogen and oxygen atoms in total. The Labute approximate surface area is 136 Å². The van der Waals surface area contributed by atoms with E-state index in [2.05, 4.69) is 0 Å². The Balaban J connectivity index is 6.14. The van der Waals surface area contributed by atoms with Crippen molar-refractivity contribution in [3.63, 3.8) is 0 Å². The van der Waals surface area contributed by atoms with E-state index < -0.39 is 45.8 Å². The molecule has 0 amide bonds. The van der Waals surface area contributed by atoms with Gasteiger partial charge in [-0.05, 0) is 0 Å². The molecule has 0 aliphatic rings. The summed E-state index contributed by atoms with van der Waals surface area (Å²) >= 11 is 1.07. The van der Waals surface area contributed by atoms with Gasteiger partial charge in [-0.15, -0.1) is 0 Å². The summed E-state index contributed by atoms with van der Waals surface area (Å²) in [6.07, 6.45) is -9.47. The summed E-state index contributed by atoms with van der Waals surface area (Å²) in [5.74, 6) is -36.2. The number of hydrogen-bond donors (Lipinski definition) is 0. The van der Waals surface area contributed by atoms with Crippen LogP contribution in [-0.4, -0.2) is 49.6 Å². The molecule has 140 valence electrons. The zero-order valence-corrected chi connectivity index (χ0v) is 14.7. The third kappa shape index (κ3) is 3.53. The Kier molecular flexibility index (Phi) is 6.09. The van der Waals surface area contributed by atoms with Crippen LogP contribution >= 0.6 is 22.6 Å². The molecule has 0 fully saturated rings. The predicted molar refractivity (Wildman–Crippen MR) is 63.2 cm³/mol. The van der Waals surface area contributed by atoms with Gasteiger partial charge in [-0.25, -0.2) is 0 Å². The van der Waals surface area contributed by atoms with E-state index in [1.807, 2.05) is 0 Å². The fourth-order valence-corrected chi connectivity index (χ4v) is 2.35. The van der Waals surface area contributed by atoms with E-state index in [4.69, 9.17) is 0 Å². The molecule has 0 saturated heterocycles. The van der Waals surface area contributed by atoms with Crippen LogP contribution in [0.1, 0.15) is 6.42 Å². The van der Waals surface area contributed by atoms with Crippen LogP contribution < -0.4 is 0 Å². The van der Waals surface area contributed by atoms with Gasteiger partial charge >= 0.3 is 35.8 Å². The van der Waals surface area contributed by atoms with Gasteiger partial charge in [-0.2, -0.15) is 57.1 Å². The molecule has 0 aromatic heterocycles. The first-order chi connectivity index (χ1) is 9.67. The molecule has 1 unspecified atom stereocenters. The normalized spacial score (nSPS) is 17.5. The second-order valence-corrected chi connectivity index (χ2v) is 10.4. The van der Waals surface area contributed by atoms with Crippen LogP contribution in [0.5, 0.6) is 0 Å². The number of rotatable bonds is 6.